The van der Waals surface area contributed by atoms with Crippen molar-refractivity contribution in [2.45, 2.75) is 97.3 Å². The summed E-state index contributed by atoms with van der Waals surface area (Å²) in [6.07, 6.45) is 12.8. The third-order valence-electron chi connectivity index (χ3n) is 4.64. The topological polar surface area (TPSA) is 75.6 Å². The maximum Gasteiger partial charge on any atom is 0.305 e. The number of esters is 1. The minimum atomic E-state index is -0.174. The maximum absolute atomic E-state index is 12.3. The quantitative estimate of drug-likeness (QED) is 0.277. The molecule has 0 spiro atoms. The normalized spacial score (nSPS) is 12.0. The van der Waals surface area contributed by atoms with Gasteiger partial charge in [-0.25, -0.2) is 0 Å². The number of rotatable bonds is 18. The average Bonchev–Trinajstić information content (AvgIpc) is 2.64. The van der Waals surface area contributed by atoms with Crippen molar-refractivity contribution in [2.24, 2.45) is 5.92 Å². The molecule has 0 heterocycles. The molecular weight excluding hydrogens is 330 g/mol. The Labute approximate surface area is 160 Å². The molecular formula is C21H41NO4. The van der Waals surface area contributed by atoms with Gasteiger partial charge in [0.15, 0.2) is 0 Å². The van der Waals surface area contributed by atoms with Gasteiger partial charge in [-0.15, -0.1) is 0 Å². The highest BCUT2D eigenvalue weighted by Gasteiger charge is 2.17. The van der Waals surface area contributed by atoms with Gasteiger partial charge in [0.05, 0.1) is 6.54 Å². The van der Waals surface area contributed by atoms with E-state index in [4.69, 9.17) is 9.84 Å². The molecule has 0 aliphatic rings. The second kappa shape index (κ2) is 18.7. The van der Waals surface area contributed by atoms with Crippen molar-refractivity contribution in [1.29, 1.82) is 0 Å². The van der Waals surface area contributed by atoms with Gasteiger partial charge in [-0.05, 0) is 25.7 Å². The van der Waals surface area contributed by atoms with Crippen LogP contribution in [0.25, 0.3) is 0 Å². The second-order valence-electron chi connectivity index (χ2n) is 7.09. The van der Waals surface area contributed by atoms with Crippen molar-refractivity contribution < 1.29 is 19.4 Å². The van der Waals surface area contributed by atoms with E-state index >= 15 is 0 Å². The SMILES string of the molecule is CCCCCCCC(=O)OCCNC(=O)C(CCCO)CCCCCC. The number of aliphatic hydroxyl groups excluding tert-OH is 1. The third-order valence-corrected chi connectivity index (χ3v) is 4.64. The van der Waals surface area contributed by atoms with Gasteiger partial charge in [0, 0.05) is 18.9 Å². The van der Waals surface area contributed by atoms with E-state index in [1.165, 1.54) is 32.1 Å². The molecule has 0 radical (unpaired) electrons. The van der Waals surface area contributed by atoms with Gasteiger partial charge < -0.3 is 15.2 Å². The van der Waals surface area contributed by atoms with Crippen molar-refractivity contribution >= 4 is 11.9 Å². The first-order chi connectivity index (χ1) is 12.7. The molecule has 0 bridgehead atoms. The standard InChI is InChI=1S/C21H41NO4/c1-3-5-7-9-11-15-20(24)26-18-16-22-21(25)19(14-12-17-23)13-10-8-6-4-2/h19,23H,3-18H2,1-2H3,(H,22,25). The van der Waals surface area contributed by atoms with Crippen LogP contribution in [-0.2, 0) is 14.3 Å². The highest BCUT2D eigenvalue weighted by Crippen LogP contribution is 2.16. The first-order valence-corrected chi connectivity index (χ1v) is 10.7. The van der Waals surface area contributed by atoms with E-state index in [2.05, 4.69) is 19.2 Å². The first-order valence-electron chi connectivity index (χ1n) is 10.7. The number of ether oxygens (including phenoxy) is 1. The van der Waals surface area contributed by atoms with Gasteiger partial charge in [-0.3, -0.25) is 9.59 Å². The molecule has 1 unspecified atom stereocenters. The lowest BCUT2D eigenvalue weighted by atomic mass is 9.95. The van der Waals surface area contributed by atoms with E-state index in [1.54, 1.807) is 0 Å². The molecule has 0 aromatic carbocycles. The molecule has 0 aromatic rings. The smallest absolute Gasteiger partial charge is 0.305 e. The Kier molecular flexibility index (Phi) is 17.9. The highest BCUT2D eigenvalue weighted by molar-refractivity contribution is 5.78. The molecule has 0 aliphatic carbocycles. The Hall–Kier alpha value is -1.10. The predicted molar refractivity (Wildman–Crippen MR) is 106 cm³/mol. The van der Waals surface area contributed by atoms with Crippen LogP contribution in [0.4, 0.5) is 0 Å². The van der Waals surface area contributed by atoms with E-state index < -0.39 is 0 Å². The summed E-state index contributed by atoms with van der Waals surface area (Å²) in [7, 11) is 0. The molecule has 0 aromatic heterocycles. The van der Waals surface area contributed by atoms with Gasteiger partial charge in [0.1, 0.15) is 6.61 Å². The molecule has 1 amide bonds. The fourth-order valence-corrected chi connectivity index (χ4v) is 2.99. The molecule has 0 rings (SSSR count). The molecule has 0 aliphatic heterocycles. The zero-order valence-electron chi connectivity index (χ0n) is 17.1. The number of hydrogen-bond donors (Lipinski definition) is 2. The van der Waals surface area contributed by atoms with Gasteiger partial charge in [0.2, 0.25) is 5.91 Å². The van der Waals surface area contributed by atoms with Crippen LogP contribution in [0.5, 0.6) is 0 Å². The minimum absolute atomic E-state index is 0.0190. The van der Waals surface area contributed by atoms with E-state index in [0.717, 1.165) is 32.1 Å². The molecule has 0 saturated heterocycles. The van der Waals surface area contributed by atoms with Crippen LogP contribution in [0.15, 0.2) is 0 Å². The van der Waals surface area contributed by atoms with Crippen molar-refractivity contribution in [3.63, 3.8) is 0 Å². The summed E-state index contributed by atoms with van der Waals surface area (Å²) in [4.78, 5) is 23.9. The van der Waals surface area contributed by atoms with E-state index in [0.29, 0.717) is 25.8 Å². The van der Waals surface area contributed by atoms with Crippen molar-refractivity contribution in [1.82, 2.24) is 5.32 Å². The number of hydrogen-bond acceptors (Lipinski definition) is 4. The Bertz CT molecular complexity index is 347. The summed E-state index contributed by atoms with van der Waals surface area (Å²) in [5, 5.41) is 11.9. The van der Waals surface area contributed by atoms with Crippen LogP contribution >= 0.6 is 0 Å². The van der Waals surface area contributed by atoms with Crippen LogP contribution in [0.1, 0.15) is 97.3 Å². The lowest BCUT2D eigenvalue weighted by molar-refractivity contribution is -0.144. The van der Waals surface area contributed by atoms with Gasteiger partial charge in [-0.2, -0.15) is 0 Å². The Morgan fingerprint density at radius 3 is 2.15 bits per heavy atom. The van der Waals surface area contributed by atoms with Crippen LogP contribution in [0, 0.1) is 5.92 Å². The summed E-state index contributed by atoms with van der Waals surface area (Å²) in [5.74, 6) is -0.203. The molecule has 0 fully saturated rings. The molecule has 26 heavy (non-hydrogen) atoms. The van der Waals surface area contributed by atoms with Crippen molar-refractivity contribution in [3.05, 3.63) is 0 Å². The molecule has 5 nitrogen and oxygen atoms in total. The summed E-state index contributed by atoms with van der Waals surface area (Å²) >= 11 is 0. The van der Waals surface area contributed by atoms with Gasteiger partial charge >= 0.3 is 5.97 Å². The summed E-state index contributed by atoms with van der Waals surface area (Å²) < 4.78 is 5.18. The van der Waals surface area contributed by atoms with E-state index in [-0.39, 0.29) is 31.0 Å². The van der Waals surface area contributed by atoms with Crippen molar-refractivity contribution in [2.75, 3.05) is 19.8 Å². The molecule has 2 N–H and O–H groups in total. The Morgan fingerprint density at radius 2 is 1.50 bits per heavy atom. The molecule has 154 valence electrons. The summed E-state index contributed by atoms with van der Waals surface area (Å²) in [6.45, 7) is 5.06. The second-order valence-corrected chi connectivity index (χ2v) is 7.09. The zero-order chi connectivity index (χ0) is 19.5. The van der Waals surface area contributed by atoms with E-state index in [9.17, 15) is 9.59 Å². The van der Waals surface area contributed by atoms with Crippen LogP contribution in [0.3, 0.4) is 0 Å². The number of unbranched alkanes of at least 4 members (excludes halogenated alkanes) is 7. The fourth-order valence-electron chi connectivity index (χ4n) is 2.99. The average molecular weight is 372 g/mol. The molecule has 1 atom stereocenters. The fraction of sp³-hybridized carbons (Fsp3) is 0.905. The minimum Gasteiger partial charge on any atom is -0.464 e. The number of carbonyl (C=O) groups excluding carboxylic acids is 2. The lowest BCUT2D eigenvalue weighted by Gasteiger charge is -2.16. The lowest BCUT2D eigenvalue weighted by Crippen LogP contribution is -2.33. The van der Waals surface area contributed by atoms with Gasteiger partial charge in [0.25, 0.3) is 0 Å². The number of carbonyl (C=O) groups is 2. The van der Waals surface area contributed by atoms with Crippen LogP contribution < -0.4 is 5.32 Å². The monoisotopic (exact) mass is 371 g/mol. The molecule has 0 saturated carbocycles. The predicted octanol–water partition coefficient (Wildman–Crippen LogP) is 4.37. The first kappa shape index (κ1) is 24.9. The van der Waals surface area contributed by atoms with Crippen LogP contribution in [-0.4, -0.2) is 36.7 Å². The number of amides is 1. The third kappa shape index (κ3) is 15.2. The van der Waals surface area contributed by atoms with Crippen molar-refractivity contribution in [3.8, 4) is 0 Å². The Morgan fingerprint density at radius 1 is 0.885 bits per heavy atom. The van der Waals surface area contributed by atoms with Crippen LogP contribution in [0.2, 0.25) is 0 Å². The molecule has 5 heteroatoms. The maximum atomic E-state index is 12.3. The largest absolute Gasteiger partial charge is 0.464 e. The Balaban J connectivity index is 3.86. The van der Waals surface area contributed by atoms with E-state index in [1.807, 2.05) is 0 Å². The summed E-state index contributed by atoms with van der Waals surface area (Å²) in [6, 6.07) is 0. The zero-order valence-corrected chi connectivity index (χ0v) is 17.1. The summed E-state index contributed by atoms with van der Waals surface area (Å²) in [5.41, 5.74) is 0. The van der Waals surface area contributed by atoms with Gasteiger partial charge in [-0.1, -0.05) is 65.2 Å². The number of aliphatic hydroxyl groups is 1. The highest BCUT2D eigenvalue weighted by atomic mass is 16.5. The number of nitrogens with one attached hydrogen (secondary N) is 1.